The predicted octanol–water partition coefficient (Wildman–Crippen LogP) is 2.02. The van der Waals surface area contributed by atoms with Crippen LogP contribution in [0.5, 0.6) is 0 Å². The Labute approximate surface area is 108 Å². The molecule has 0 saturated carbocycles. The van der Waals surface area contributed by atoms with Crippen LogP contribution >= 0.6 is 12.4 Å². The Balaban J connectivity index is 0.00000108. The molecule has 0 atom stereocenters. The molecular formula is C13H17ClN2O. The van der Waals surface area contributed by atoms with Crippen molar-refractivity contribution in [3.8, 4) is 0 Å². The quantitative estimate of drug-likeness (QED) is 0.776. The number of amides is 1. The summed E-state index contributed by atoms with van der Waals surface area (Å²) in [6.45, 7) is 2.80. The first-order chi connectivity index (χ1) is 7.84. The maximum absolute atomic E-state index is 10.7. The van der Waals surface area contributed by atoms with Crippen molar-refractivity contribution >= 4 is 24.5 Å². The van der Waals surface area contributed by atoms with Crippen molar-refractivity contribution in [2.75, 3.05) is 25.0 Å². The van der Waals surface area contributed by atoms with Crippen LogP contribution in [-0.2, 0) is 10.2 Å². The Morgan fingerprint density at radius 2 is 1.94 bits per heavy atom. The second kappa shape index (κ2) is 4.57. The van der Waals surface area contributed by atoms with E-state index >= 15 is 0 Å². The van der Waals surface area contributed by atoms with E-state index in [1.807, 2.05) is 4.90 Å². The van der Waals surface area contributed by atoms with Gasteiger partial charge in [-0.2, -0.15) is 0 Å². The van der Waals surface area contributed by atoms with Crippen molar-refractivity contribution in [1.29, 1.82) is 0 Å². The monoisotopic (exact) mass is 252 g/mol. The van der Waals surface area contributed by atoms with E-state index in [0.29, 0.717) is 0 Å². The Morgan fingerprint density at radius 1 is 1.24 bits per heavy atom. The second-order valence-electron chi connectivity index (χ2n) is 4.82. The molecule has 1 aromatic carbocycles. The summed E-state index contributed by atoms with van der Waals surface area (Å²) in [5.74, 6) is 0. The molecule has 0 aromatic heterocycles. The van der Waals surface area contributed by atoms with Gasteiger partial charge in [-0.3, -0.25) is 4.79 Å². The van der Waals surface area contributed by atoms with Gasteiger partial charge in [0.2, 0.25) is 6.41 Å². The third-order valence-corrected chi connectivity index (χ3v) is 4.02. The van der Waals surface area contributed by atoms with Gasteiger partial charge in [0.15, 0.2) is 0 Å². The maximum atomic E-state index is 10.7. The fraction of sp³-hybridized carbons (Fsp3) is 0.462. The van der Waals surface area contributed by atoms with Crippen LogP contribution in [0.25, 0.3) is 0 Å². The highest BCUT2D eigenvalue weighted by atomic mass is 35.5. The first kappa shape index (κ1) is 12.2. The van der Waals surface area contributed by atoms with Crippen molar-refractivity contribution in [3.63, 3.8) is 0 Å². The normalized spacial score (nSPS) is 20.4. The minimum atomic E-state index is 0. The first-order valence-corrected chi connectivity index (χ1v) is 5.87. The Bertz CT molecular complexity index is 414. The van der Waals surface area contributed by atoms with Gasteiger partial charge >= 0.3 is 0 Å². The van der Waals surface area contributed by atoms with Crippen LogP contribution in [-0.4, -0.2) is 30.9 Å². The Hall–Kier alpha value is -1.22. The zero-order chi connectivity index (χ0) is 11.0. The lowest BCUT2D eigenvalue weighted by molar-refractivity contribution is -0.119. The predicted molar refractivity (Wildman–Crippen MR) is 70.7 cm³/mol. The van der Waals surface area contributed by atoms with Gasteiger partial charge in [-0.1, -0.05) is 18.2 Å². The average Bonchev–Trinajstić information content (AvgIpc) is 2.71. The van der Waals surface area contributed by atoms with E-state index in [2.05, 4.69) is 29.6 Å². The number of halogens is 1. The van der Waals surface area contributed by atoms with Gasteiger partial charge in [-0.05, 0) is 24.5 Å². The minimum Gasteiger partial charge on any atom is -0.384 e. The van der Waals surface area contributed by atoms with Crippen LogP contribution in [0.15, 0.2) is 24.3 Å². The largest absolute Gasteiger partial charge is 0.384 e. The van der Waals surface area contributed by atoms with Crippen molar-refractivity contribution in [2.24, 2.45) is 0 Å². The molecule has 1 fully saturated rings. The van der Waals surface area contributed by atoms with E-state index in [4.69, 9.17) is 0 Å². The molecule has 1 N–H and O–H groups in total. The van der Waals surface area contributed by atoms with Crippen molar-refractivity contribution < 1.29 is 4.79 Å². The summed E-state index contributed by atoms with van der Waals surface area (Å²) in [7, 11) is 0. The molecule has 2 heterocycles. The number of carbonyl (C=O) groups excluding carboxylic acids is 1. The first-order valence-electron chi connectivity index (χ1n) is 5.87. The van der Waals surface area contributed by atoms with E-state index in [1.165, 1.54) is 11.3 Å². The van der Waals surface area contributed by atoms with Gasteiger partial charge < -0.3 is 10.2 Å². The molecule has 0 bridgehead atoms. The lowest BCUT2D eigenvalue weighted by Crippen LogP contribution is -2.43. The van der Waals surface area contributed by atoms with Crippen molar-refractivity contribution in [2.45, 2.75) is 18.3 Å². The molecule has 17 heavy (non-hydrogen) atoms. The topological polar surface area (TPSA) is 32.3 Å². The van der Waals surface area contributed by atoms with Crippen LogP contribution in [0.4, 0.5) is 5.69 Å². The molecule has 0 radical (unpaired) electrons. The number of piperidine rings is 1. The van der Waals surface area contributed by atoms with Crippen LogP contribution in [0, 0.1) is 0 Å². The molecular weight excluding hydrogens is 236 g/mol. The number of para-hydroxylation sites is 1. The van der Waals surface area contributed by atoms with Crippen LogP contribution in [0.3, 0.4) is 0 Å². The molecule has 1 aromatic rings. The molecule has 0 unspecified atom stereocenters. The van der Waals surface area contributed by atoms with Gasteiger partial charge in [-0.25, -0.2) is 0 Å². The Kier molecular flexibility index (Phi) is 3.29. The van der Waals surface area contributed by atoms with Crippen LogP contribution in [0.1, 0.15) is 18.4 Å². The average molecular weight is 253 g/mol. The third-order valence-electron chi connectivity index (χ3n) is 4.02. The summed E-state index contributed by atoms with van der Waals surface area (Å²) in [5, 5.41) is 3.49. The maximum Gasteiger partial charge on any atom is 0.209 e. The summed E-state index contributed by atoms with van der Waals surface area (Å²) in [4.78, 5) is 12.6. The SMILES string of the molecule is Cl.O=CN1CCC2(CC1)CNc1ccccc12. The number of nitrogens with one attached hydrogen (secondary N) is 1. The number of likely N-dealkylation sites (tertiary alicyclic amines) is 1. The smallest absolute Gasteiger partial charge is 0.209 e. The summed E-state index contributed by atoms with van der Waals surface area (Å²) in [6, 6.07) is 8.56. The molecule has 3 nitrogen and oxygen atoms in total. The minimum absolute atomic E-state index is 0. The Morgan fingerprint density at radius 3 is 2.65 bits per heavy atom. The van der Waals surface area contributed by atoms with Gasteiger partial charge in [0.05, 0.1) is 0 Å². The van der Waals surface area contributed by atoms with E-state index in [0.717, 1.165) is 38.9 Å². The summed E-state index contributed by atoms with van der Waals surface area (Å²) < 4.78 is 0. The van der Waals surface area contributed by atoms with E-state index in [-0.39, 0.29) is 17.8 Å². The standard InChI is InChI=1S/C13H16N2O.ClH/c16-10-15-7-5-13(6-8-15)9-14-12-4-2-1-3-11(12)13;/h1-4,10,14H,5-9H2;1H. The highest BCUT2D eigenvalue weighted by molar-refractivity contribution is 5.85. The molecule has 3 rings (SSSR count). The van der Waals surface area contributed by atoms with E-state index in [9.17, 15) is 4.79 Å². The molecule has 1 saturated heterocycles. The lowest BCUT2D eigenvalue weighted by Gasteiger charge is -2.37. The van der Waals surface area contributed by atoms with Gasteiger partial charge in [0.25, 0.3) is 0 Å². The molecule has 92 valence electrons. The molecule has 1 spiro atoms. The number of anilines is 1. The summed E-state index contributed by atoms with van der Waals surface area (Å²) in [6.07, 6.45) is 3.13. The molecule has 0 aliphatic carbocycles. The van der Waals surface area contributed by atoms with Gasteiger partial charge in [-0.15, -0.1) is 12.4 Å². The number of hydrogen-bond acceptors (Lipinski definition) is 2. The van der Waals surface area contributed by atoms with E-state index in [1.54, 1.807) is 0 Å². The number of hydrogen-bond donors (Lipinski definition) is 1. The molecule has 2 aliphatic heterocycles. The van der Waals surface area contributed by atoms with Crippen LogP contribution in [0.2, 0.25) is 0 Å². The molecule has 1 amide bonds. The van der Waals surface area contributed by atoms with Crippen molar-refractivity contribution in [1.82, 2.24) is 4.90 Å². The highest BCUT2D eigenvalue weighted by Gasteiger charge is 2.40. The molecule has 2 aliphatic rings. The summed E-state index contributed by atoms with van der Waals surface area (Å²) >= 11 is 0. The van der Waals surface area contributed by atoms with Crippen molar-refractivity contribution in [3.05, 3.63) is 29.8 Å². The number of fused-ring (bicyclic) bond motifs is 2. The number of nitrogens with zero attached hydrogens (tertiary/aromatic N) is 1. The highest BCUT2D eigenvalue weighted by Crippen LogP contribution is 2.43. The second-order valence-corrected chi connectivity index (χ2v) is 4.82. The fourth-order valence-electron chi connectivity index (χ4n) is 2.96. The van der Waals surface area contributed by atoms with Crippen LogP contribution < -0.4 is 5.32 Å². The fourth-order valence-corrected chi connectivity index (χ4v) is 2.96. The van der Waals surface area contributed by atoms with Gasteiger partial charge in [0, 0.05) is 30.7 Å². The third kappa shape index (κ3) is 1.89. The van der Waals surface area contributed by atoms with E-state index < -0.39 is 0 Å². The number of benzene rings is 1. The summed E-state index contributed by atoms with van der Waals surface area (Å²) in [5.41, 5.74) is 3.00. The zero-order valence-electron chi connectivity index (χ0n) is 9.69. The number of rotatable bonds is 1. The number of carbonyl (C=O) groups is 1. The molecule has 4 heteroatoms. The lowest BCUT2D eigenvalue weighted by atomic mass is 9.74. The van der Waals surface area contributed by atoms with Gasteiger partial charge in [0.1, 0.15) is 0 Å². The zero-order valence-corrected chi connectivity index (χ0v) is 10.5.